The molecule has 1 aromatic carbocycles. The van der Waals surface area contributed by atoms with E-state index in [4.69, 9.17) is 4.74 Å². The lowest BCUT2D eigenvalue weighted by Gasteiger charge is -2.19. The third-order valence-electron chi connectivity index (χ3n) is 3.57. The lowest BCUT2D eigenvalue weighted by molar-refractivity contribution is -0.116. The summed E-state index contributed by atoms with van der Waals surface area (Å²) in [5, 5.41) is 5.61. The Hall–Kier alpha value is -2.82. The summed E-state index contributed by atoms with van der Waals surface area (Å²) >= 11 is 0. The Bertz CT molecular complexity index is 718. The number of methoxy groups -OCH3 is 1. The SMILES string of the molecule is C=C/C=C(C)/C(C)=C(\Nc1cccc(F)c1OC)C(=C)C(=O)NC. The van der Waals surface area contributed by atoms with Gasteiger partial charge >= 0.3 is 0 Å². The third kappa shape index (κ3) is 4.35. The second-order valence-corrected chi connectivity index (χ2v) is 5.09. The molecular formula is C19H23FN2O2. The zero-order valence-corrected chi connectivity index (χ0v) is 14.5. The van der Waals surface area contributed by atoms with Gasteiger partial charge in [-0.3, -0.25) is 4.79 Å². The number of benzene rings is 1. The molecule has 0 heterocycles. The fraction of sp³-hybridized carbons (Fsp3) is 0.211. The topological polar surface area (TPSA) is 50.4 Å². The second-order valence-electron chi connectivity index (χ2n) is 5.09. The molecule has 0 saturated carbocycles. The van der Waals surface area contributed by atoms with Crippen LogP contribution in [0.3, 0.4) is 0 Å². The van der Waals surface area contributed by atoms with Crippen molar-refractivity contribution in [3.05, 3.63) is 71.7 Å². The number of para-hydroxylation sites is 1. The first-order valence-electron chi connectivity index (χ1n) is 7.38. The van der Waals surface area contributed by atoms with E-state index in [2.05, 4.69) is 23.8 Å². The molecule has 2 N–H and O–H groups in total. The summed E-state index contributed by atoms with van der Waals surface area (Å²) in [7, 11) is 2.91. The summed E-state index contributed by atoms with van der Waals surface area (Å²) < 4.78 is 19.0. The third-order valence-corrected chi connectivity index (χ3v) is 3.57. The maximum absolute atomic E-state index is 13.9. The molecule has 5 heteroatoms. The molecule has 0 saturated heterocycles. The van der Waals surface area contributed by atoms with Gasteiger partial charge in [0.15, 0.2) is 11.6 Å². The van der Waals surface area contributed by atoms with E-state index in [9.17, 15) is 9.18 Å². The van der Waals surface area contributed by atoms with E-state index in [0.29, 0.717) is 11.4 Å². The number of allylic oxidation sites excluding steroid dienone is 4. The minimum atomic E-state index is -0.497. The van der Waals surface area contributed by atoms with Crippen LogP contribution in [0, 0.1) is 5.82 Å². The Morgan fingerprint density at radius 1 is 1.33 bits per heavy atom. The van der Waals surface area contributed by atoms with Crippen LogP contribution in [0.5, 0.6) is 5.75 Å². The van der Waals surface area contributed by atoms with Gasteiger partial charge in [-0.15, -0.1) is 0 Å². The molecule has 128 valence electrons. The van der Waals surface area contributed by atoms with E-state index in [0.717, 1.165) is 11.1 Å². The van der Waals surface area contributed by atoms with Crippen molar-refractivity contribution < 1.29 is 13.9 Å². The van der Waals surface area contributed by atoms with E-state index < -0.39 is 5.82 Å². The van der Waals surface area contributed by atoms with Crippen molar-refractivity contribution in [1.29, 1.82) is 0 Å². The number of carbonyl (C=O) groups is 1. The fourth-order valence-electron chi connectivity index (χ4n) is 2.11. The Kier molecular flexibility index (Phi) is 6.98. The summed E-state index contributed by atoms with van der Waals surface area (Å²) in [6.45, 7) is 11.2. The number of halogens is 1. The lowest BCUT2D eigenvalue weighted by atomic mass is 10.0. The van der Waals surface area contributed by atoms with Crippen LogP contribution in [0.4, 0.5) is 10.1 Å². The normalized spacial score (nSPS) is 12.1. The fourth-order valence-corrected chi connectivity index (χ4v) is 2.11. The summed E-state index contributed by atoms with van der Waals surface area (Å²) in [4.78, 5) is 12.0. The highest BCUT2D eigenvalue weighted by atomic mass is 19.1. The molecule has 0 aliphatic carbocycles. The van der Waals surface area contributed by atoms with Crippen molar-refractivity contribution in [3.63, 3.8) is 0 Å². The summed E-state index contributed by atoms with van der Waals surface area (Å²) in [5.74, 6) is -0.764. The molecular weight excluding hydrogens is 307 g/mol. The molecule has 1 amide bonds. The zero-order valence-electron chi connectivity index (χ0n) is 14.5. The lowest BCUT2D eigenvalue weighted by Crippen LogP contribution is -2.23. The molecule has 0 aromatic heterocycles. The molecule has 24 heavy (non-hydrogen) atoms. The van der Waals surface area contributed by atoms with Crippen LogP contribution in [-0.2, 0) is 4.79 Å². The molecule has 4 nitrogen and oxygen atoms in total. The van der Waals surface area contributed by atoms with Crippen LogP contribution in [0.1, 0.15) is 13.8 Å². The molecule has 1 rings (SSSR count). The van der Waals surface area contributed by atoms with Crippen LogP contribution >= 0.6 is 0 Å². The Labute approximate surface area is 142 Å². The molecule has 0 bridgehead atoms. The minimum absolute atomic E-state index is 0.0675. The number of amides is 1. The van der Waals surface area contributed by atoms with E-state index in [1.165, 1.54) is 20.2 Å². The van der Waals surface area contributed by atoms with Gasteiger partial charge in [-0.2, -0.15) is 0 Å². The number of hydrogen-bond donors (Lipinski definition) is 2. The number of likely N-dealkylation sites (N-methyl/N-ethyl adjacent to an activating group) is 1. The Morgan fingerprint density at radius 2 is 2.00 bits per heavy atom. The van der Waals surface area contributed by atoms with Crippen LogP contribution < -0.4 is 15.4 Å². The number of nitrogens with one attached hydrogen (secondary N) is 2. The molecule has 0 atom stereocenters. The standard InChI is InChI=1S/C19H23FN2O2/c1-7-9-12(2)13(3)17(14(4)19(23)21-5)22-16-11-8-10-15(20)18(16)24-6/h7-11,22H,1,4H2,2-3,5-6H3,(H,21,23)/b12-9+,17-13-. The van der Waals surface area contributed by atoms with E-state index >= 15 is 0 Å². The van der Waals surface area contributed by atoms with Gasteiger partial charge in [-0.25, -0.2) is 4.39 Å². The average Bonchev–Trinajstić information content (AvgIpc) is 2.58. The number of carbonyl (C=O) groups excluding carboxylic acids is 1. The van der Waals surface area contributed by atoms with Gasteiger partial charge in [0.1, 0.15) is 0 Å². The number of ether oxygens (including phenoxy) is 1. The number of rotatable bonds is 7. The van der Waals surface area contributed by atoms with Crippen molar-refractivity contribution in [3.8, 4) is 5.75 Å². The summed E-state index contributed by atoms with van der Waals surface area (Å²) in [5.41, 5.74) is 2.80. The maximum atomic E-state index is 13.9. The quantitative estimate of drug-likeness (QED) is 0.588. The van der Waals surface area contributed by atoms with Gasteiger partial charge in [-0.05, 0) is 37.1 Å². The predicted molar refractivity (Wildman–Crippen MR) is 96.4 cm³/mol. The van der Waals surface area contributed by atoms with E-state index in [1.54, 1.807) is 18.2 Å². The van der Waals surface area contributed by atoms with Crippen LogP contribution in [-0.4, -0.2) is 20.1 Å². The van der Waals surface area contributed by atoms with E-state index in [1.807, 2.05) is 19.9 Å². The van der Waals surface area contributed by atoms with Crippen LogP contribution in [0.2, 0.25) is 0 Å². The molecule has 0 spiro atoms. The molecule has 0 radical (unpaired) electrons. The Morgan fingerprint density at radius 3 is 2.54 bits per heavy atom. The first-order valence-corrected chi connectivity index (χ1v) is 7.38. The predicted octanol–water partition coefficient (Wildman–Crippen LogP) is 3.95. The highest BCUT2D eigenvalue weighted by Gasteiger charge is 2.17. The van der Waals surface area contributed by atoms with Crippen molar-refractivity contribution in [2.75, 3.05) is 19.5 Å². The highest BCUT2D eigenvalue weighted by molar-refractivity contribution is 5.98. The van der Waals surface area contributed by atoms with Gasteiger partial charge in [0.2, 0.25) is 0 Å². The summed E-state index contributed by atoms with van der Waals surface area (Å²) in [6.07, 6.45) is 3.47. The van der Waals surface area contributed by atoms with E-state index in [-0.39, 0.29) is 17.2 Å². The van der Waals surface area contributed by atoms with Crippen LogP contribution in [0.15, 0.2) is 65.9 Å². The zero-order chi connectivity index (χ0) is 18.3. The second kappa shape index (κ2) is 8.72. The smallest absolute Gasteiger partial charge is 0.252 e. The minimum Gasteiger partial charge on any atom is -0.492 e. The van der Waals surface area contributed by atoms with Gasteiger partial charge in [-0.1, -0.05) is 31.4 Å². The average molecular weight is 330 g/mol. The van der Waals surface area contributed by atoms with Gasteiger partial charge < -0.3 is 15.4 Å². The Balaban J connectivity index is 3.46. The van der Waals surface area contributed by atoms with Gasteiger partial charge in [0.25, 0.3) is 5.91 Å². The van der Waals surface area contributed by atoms with Crippen molar-refractivity contribution in [1.82, 2.24) is 5.32 Å². The van der Waals surface area contributed by atoms with Gasteiger partial charge in [0.05, 0.1) is 24.1 Å². The maximum Gasteiger partial charge on any atom is 0.252 e. The molecule has 0 unspecified atom stereocenters. The molecule has 0 aliphatic heterocycles. The number of anilines is 1. The van der Waals surface area contributed by atoms with Crippen LogP contribution in [0.25, 0.3) is 0 Å². The highest BCUT2D eigenvalue weighted by Crippen LogP contribution is 2.31. The first-order chi connectivity index (χ1) is 11.4. The molecule has 1 aromatic rings. The van der Waals surface area contributed by atoms with Crippen molar-refractivity contribution >= 4 is 11.6 Å². The monoisotopic (exact) mass is 330 g/mol. The largest absolute Gasteiger partial charge is 0.492 e. The van der Waals surface area contributed by atoms with Gasteiger partial charge in [0, 0.05) is 7.05 Å². The molecule has 0 fully saturated rings. The van der Waals surface area contributed by atoms with Crippen molar-refractivity contribution in [2.24, 2.45) is 0 Å². The first kappa shape index (κ1) is 19.2. The van der Waals surface area contributed by atoms with Crippen molar-refractivity contribution in [2.45, 2.75) is 13.8 Å². The molecule has 0 aliphatic rings. The summed E-state index contributed by atoms with van der Waals surface area (Å²) in [6, 6.07) is 4.53. The number of hydrogen-bond acceptors (Lipinski definition) is 3.